The number of hydrogen-bond donors (Lipinski definition) is 1. The van der Waals surface area contributed by atoms with E-state index in [4.69, 9.17) is 4.42 Å². The number of nitrogens with one attached hydrogen (secondary N) is 1. The zero-order valence-corrected chi connectivity index (χ0v) is 14.9. The van der Waals surface area contributed by atoms with Gasteiger partial charge in [-0.2, -0.15) is 0 Å². The van der Waals surface area contributed by atoms with Crippen molar-refractivity contribution in [2.24, 2.45) is 0 Å². The fourth-order valence-electron chi connectivity index (χ4n) is 4.21. The van der Waals surface area contributed by atoms with Crippen molar-refractivity contribution >= 4 is 0 Å². The van der Waals surface area contributed by atoms with Gasteiger partial charge in [-0.05, 0) is 50.0 Å². The number of nitrogens with zero attached hydrogens (tertiary/aromatic N) is 2. The molecule has 2 aliphatic rings. The van der Waals surface area contributed by atoms with Crippen molar-refractivity contribution in [3.8, 4) is 0 Å². The Morgan fingerprint density at radius 3 is 2.64 bits per heavy atom. The summed E-state index contributed by atoms with van der Waals surface area (Å²) in [6.07, 6.45) is 5.66. The van der Waals surface area contributed by atoms with Crippen LogP contribution in [0.1, 0.15) is 36.6 Å². The topological polar surface area (TPSA) is 31.6 Å². The first-order valence-electron chi connectivity index (χ1n) is 9.65. The summed E-state index contributed by atoms with van der Waals surface area (Å²) in [4.78, 5) is 5.13. The lowest BCUT2D eigenvalue weighted by molar-refractivity contribution is 0.204. The maximum absolute atomic E-state index is 5.73. The number of benzene rings is 1. The van der Waals surface area contributed by atoms with E-state index in [-0.39, 0.29) is 0 Å². The van der Waals surface area contributed by atoms with Crippen molar-refractivity contribution in [2.75, 3.05) is 32.7 Å². The smallest absolute Gasteiger partial charge is 0.122 e. The van der Waals surface area contributed by atoms with E-state index in [1.165, 1.54) is 44.5 Å². The molecule has 0 spiro atoms. The molecule has 1 N–H and O–H groups in total. The van der Waals surface area contributed by atoms with E-state index in [9.17, 15) is 0 Å². The van der Waals surface area contributed by atoms with Crippen LogP contribution in [0.15, 0.2) is 53.1 Å². The van der Waals surface area contributed by atoms with E-state index in [1.54, 1.807) is 6.26 Å². The van der Waals surface area contributed by atoms with Crippen LogP contribution in [0, 0.1) is 0 Å². The maximum Gasteiger partial charge on any atom is 0.122 e. The lowest BCUT2D eigenvalue weighted by Crippen LogP contribution is -2.39. The molecule has 2 aliphatic heterocycles. The fourth-order valence-corrected chi connectivity index (χ4v) is 4.21. The van der Waals surface area contributed by atoms with Gasteiger partial charge in [0.05, 0.1) is 12.3 Å². The number of hydrogen-bond acceptors (Lipinski definition) is 4. The predicted molar refractivity (Wildman–Crippen MR) is 100 cm³/mol. The molecule has 134 valence electrons. The van der Waals surface area contributed by atoms with E-state index < -0.39 is 0 Å². The van der Waals surface area contributed by atoms with E-state index in [0.29, 0.717) is 12.1 Å². The summed E-state index contributed by atoms with van der Waals surface area (Å²) in [5.41, 5.74) is 1.41. The molecule has 3 heterocycles. The Morgan fingerprint density at radius 1 is 1.04 bits per heavy atom. The van der Waals surface area contributed by atoms with Gasteiger partial charge < -0.3 is 9.73 Å². The summed E-state index contributed by atoms with van der Waals surface area (Å²) in [5.74, 6) is 1.11. The van der Waals surface area contributed by atoms with Gasteiger partial charge in [0.1, 0.15) is 5.76 Å². The summed E-state index contributed by atoms with van der Waals surface area (Å²) in [5, 5.41) is 3.82. The SMILES string of the molecule is c1ccc(CN2CCC(NCC(c3ccco3)N3CCCC3)C2)cc1. The highest BCUT2D eigenvalue weighted by Crippen LogP contribution is 2.25. The lowest BCUT2D eigenvalue weighted by Gasteiger charge is -2.27. The number of furan rings is 1. The lowest BCUT2D eigenvalue weighted by atomic mass is 10.1. The minimum absolute atomic E-state index is 0.376. The van der Waals surface area contributed by atoms with Crippen LogP contribution in [0.2, 0.25) is 0 Å². The second-order valence-corrected chi connectivity index (χ2v) is 7.39. The normalized spacial score (nSPS) is 23.3. The molecule has 0 saturated carbocycles. The van der Waals surface area contributed by atoms with Crippen molar-refractivity contribution in [3.63, 3.8) is 0 Å². The Bertz CT molecular complexity index is 622. The van der Waals surface area contributed by atoms with Gasteiger partial charge in [-0.25, -0.2) is 0 Å². The average molecular weight is 339 g/mol. The maximum atomic E-state index is 5.73. The average Bonchev–Trinajstić information content (AvgIpc) is 3.40. The Kier molecular flexibility index (Phi) is 5.50. The van der Waals surface area contributed by atoms with Gasteiger partial charge in [-0.3, -0.25) is 9.80 Å². The van der Waals surface area contributed by atoms with Gasteiger partial charge in [-0.15, -0.1) is 0 Å². The first-order valence-corrected chi connectivity index (χ1v) is 9.65. The molecule has 0 bridgehead atoms. The van der Waals surface area contributed by atoms with E-state index in [0.717, 1.165) is 25.4 Å². The molecule has 2 atom stereocenters. The van der Waals surface area contributed by atoms with Crippen molar-refractivity contribution in [3.05, 3.63) is 60.1 Å². The molecule has 4 heteroatoms. The summed E-state index contributed by atoms with van der Waals surface area (Å²) in [6.45, 7) is 6.75. The van der Waals surface area contributed by atoms with Gasteiger partial charge in [-0.1, -0.05) is 30.3 Å². The molecule has 4 nitrogen and oxygen atoms in total. The predicted octanol–water partition coefficient (Wildman–Crippen LogP) is 3.28. The summed E-state index contributed by atoms with van der Waals surface area (Å²) in [6, 6.07) is 15.9. The first kappa shape index (κ1) is 16.8. The van der Waals surface area contributed by atoms with Crippen LogP contribution in [0.3, 0.4) is 0 Å². The van der Waals surface area contributed by atoms with Gasteiger partial charge in [0.2, 0.25) is 0 Å². The summed E-state index contributed by atoms with van der Waals surface area (Å²) < 4.78 is 5.73. The molecular formula is C21H29N3O. The molecule has 2 unspecified atom stereocenters. The van der Waals surface area contributed by atoms with Crippen LogP contribution >= 0.6 is 0 Å². The minimum Gasteiger partial charge on any atom is -0.468 e. The molecule has 0 radical (unpaired) electrons. The van der Waals surface area contributed by atoms with Gasteiger partial charge in [0.15, 0.2) is 0 Å². The number of likely N-dealkylation sites (tertiary alicyclic amines) is 2. The molecule has 0 amide bonds. The summed E-state index contributed by atoms with van der Waals surface area (Å²) >= 11 is 0. The Labute approximate surface area is 150 Å². The van der Waals surface area contributed by atoms with Gasteiger partial charge in [0.25, 0.3) is 0 Å². The monoisotopic (exact) mass is 339 g/mol. The van der Waals surface area contributed by atoms with Crippen molar-refractivity contribution < 1.29 is 4.42 Å². The first-order chi connectivity index (χ1) is 12.4. The van der Waals surface area contributed by atoms with E-state index >= 15 is 0 Å². The van der Waals surface area contributed by atoms with Crippen molar-refractivity contribution in [2.45, 2.75) is 37.9 Å². The highest BCUT2D eigenvalue weighted by molar-refractivity contribution is 5.14. The highest BCUT2D eigenvalue weighted by atomic mass is 16.3. The zero-order chi connectivity index (χ0) is 16.9. The fraction of sp³-hybridized carbons (Fsp3) is 0.524. The third-order valence-corrected chi connectivity index (χ3v) is 5.57. The molecule has 2 aromatic rings. The number of rotatable bonds is 7. The third-order valence-electron chi connectivity index (χ3n) is 5.57. The zero-order valence-electron chi connectivity index (χ0n) is 14.9. The van der Waals surface area contributed by atoms with Crippen LogP contribution in [0.5, 0.6) is 0 Å². The molecule has 2 saturated heterocycles. The molecule has 1 aromatic carbocycles. The van der Waals surface area contributed by atoms with Crippen LogP contribution in [-0.2, 0) is 6.54 Å². The molecule has 0 aliphatic carbocycles. The third kappa shape index (κ3) is 4.32. The van der Waals surface area contributed by atoms with Crippen molar-refractivity contribution in [1.29, 1.82) is 0 Å². The second-order valence-electron chi connectivity index (χ2n) is 7.39. The van der Waals surface area contributed by atoms with Crippen LogP contribution < -0.4 is 5.32 Å². The Balaban J connectivity index is 1.30. The molecule has 1 aromatic heterocycles. The van der Waals surface area contributed by atoms with E-state index in [1.807, 2.05) is 6.07 Å². The largest absolute Gasteiger partial charge is 0.468 e. The Morgan fingerprint density at radius 2 is 1.88 bits per heavy atom. The molecule has 2 fully saturated rings. The van der Waals surface area contributed by atoms with Crippen molar-refractivity contribution in [1.82, 2.24) is 15.1 Å². The quantitative estimate of drug-likeness (QED) is 0.839. The van der Waals surface area contributed by atoms with Gasteiger partial charge >= 0.3 is 0 Å². The standard InChI is InChI=1S/C21H29N3O/c1-2-7-18(8-3-1)16-23-13-10-19(17-23)22-15-20(21-9-6-14-25-21)24-11-4-5-12-24/h1-3,6-9,14,19-20,22H,4-5,10-13,15-17H2. The minimum atomic E-state index is 0.376. The van der Waals surface area contributed by atoms with E-state index in [2.05, 4.69) is 51.5 Å². The van der Waals surface area contributed by atoms with Crippen LogP contribution in [0.25, 0.3) is 0 Å². The summed E-state index contributed by atoms with van der Waals surface area (Å²) in [7, 11) is 0. The molecule has 4 rings (SSSR count). The van der Waals surface area contributed by atoms with Crippen LogP contribution in [-0.4, -0.2) is 48.6 Å². The molecule has 25 heavy (non-hydrogen) atoms. The molecular weight excluding hydrogens is 310 g/mol. The van der Waals surface area contributed by atoms with Crippen LogP contribution in [0.4, 0.5) is 0 Å². The van der Waals surface area contributed by atoms with Gasteiger partial charge in [0, 0.05) is 32.2 Å². The Hall–Kier alpha value is -1.62. The highest BCUT2D eigenvalue weighted by Gasteiger charge is 2.28. The second kappa shape index (κ2) is 8.17.